The van der Waals surface area contributed by atoms with Crippen LogP contribution in [0.1, 0.15) is 68.6 Å². The molecule has 2 N–H and O–H groups in total. The van der Waals surface area contributed by atoms with Crippen LogP contribution in [0.3, 0.4) is 0 Å². The first-order valence-corrected chi connectivity index (χ1v) is 12.9. The molecule has 3 nitrogen and oxygen atoms in total. The number of aliphatic hydroxyl groups is 1. The van der Waals surface area contributed by atoms with Crippen molar-refractivity contribution >= 4 is 5.57 Å². The van der Waals surface area contributed by atoms with Crippen molar-refractivity contribution in [3.05, 3.63) is 108 Å². The maximum atomic E-state index is 9.62. The van der Waals surface area contributed by atoms with Crippen molar-refractivity contribution < 1.29 is 10.2 Å². The van der Waals surface area contributed by atoms with E-state index in [1.807, 2.05) is 31.2 Å². The Balaban J connectivity index is 0.000000307. The minimum Gasteiger partial charge on any atom is -0.508 e. The highest BCUT2D eigenvalue weighted by Gasteiger charge is 2.19. The van der Waals surface area contributed by atoms with Crippen LogP contribution < -0.4 is 0 Å². The number of allylic oxidation sites excluding steroid dienone is 5. The van der Waals surface area contributed by atoms with Crippen LogP contribution in [0, 0.1) is 0 Å². The first-order chi connectivity index (χ1) is 17.0. The molecule has 2 aromatic rings. The monoisotopic (exact) mass is 473 g/mol. The van der Waals surface area contributed by atoms with Crippen LogP contribution in [0.4, 0.5) is 0 Å². The summed E-state index contributed by atoms with van der Waals surface area (Å²) in [6, 6.07) is 16.1. The van der Waals surface area contributed by atoms with E-state index in [9.17, 15) is 5.11 Å². The molecule has 0 unspecified atom stereocenters. The molecule has 35 heavy (non-hydrogen) atoms. The van der Waals surface area contributed by atoms with E-state index in [2.05, 4.69) is 55.3 Å². The van der Waals surface area contributed by atoms with Crippen molar-refractivity contribution in [3.8, 4) is 5.75 Å². The van der Waals surface area contributed by atoms with E-state index in [4.69, 9.17) is 5.11 Å². The second-order valence-corrected chi connectivity index (χ2v) is 9.02. The van der Waals surface area contributed by atoms with Gasteiger partial charge in [0, 0.05) is 6.61 Å². The van der Waals surface area contributed by atoms with Gasteiger partial charge in [-0.3, -0.25) is 0 Å². The Hall–Kier alpha value is -2.88. The lowest BCUT2D eigenvalue weighted by molar-refractivity contribution is 0.222. The maximum Gasteiger partial charge on any atom is 0.116 e. The normalized spacial score (nSPS) is 15.0. The van der Waals surface area contributed by atoms with Crippen LogP contribution in [0.2, 0.25) is 0 Å². The lowest BCUT2D eigenvalue weighted by atomic mass is 9.88. The number of aromatic hydroxyl groups is 1. The number of piperidine rings is 1. The Morgan fingerprint density at radius 1 is 1.06 bits per heavy atom. The van der Waals surface area contributed by atoms with Gasteiger partial charge in [0.2, 0.25) is 0 Å². The number of benzene rings is 2. The molecule has 1 aliphatic heterocycles. The summed E-state index contributed by atoms with van der Waals surface area (Å²) in [6.45, 7) is 15.9. The van der Waals surface area contributed by atoms with Crippen molar-refractivity contribution in [2.45, 2.75) is 51.9 Å². The van der Waals surface area contributed by atoms with Crippen molar-refractivity contribution in [3.63, 3.8) is 0 Å². The summed E-state index contributed by atoms with van der Waals surface area (Å²) in [6.07, 6.45) is 13.4. The summed E-state index contributed by atoms with van der Waals surface area (Å²) in [4.78, 5) is 2.52. The molecule has 1 aliphatic rings. The maximum absolute atomic E-state index is 9.62. The standard InChI is InChI=1S/C21H25NO.C11H18O/c1-3-22-13-11-19(12-14-22)18-9-7-17(8-10-18)16(2)20-5-4-6-21(23)15-20;1-3-7-11(8-4-2)9-5-6-10-12/h4-10,15,19,23H,2-3,11-14H2,1H3;3-4,7-8,12H,1,5-6,9-10H2,2H3/b;8-4-,11-7+. The topological polar surface area (TPSA) is 43.7 Å². The number of hydrogen-bond acceptors (Lipinski definition) is 3. The van der Waals surface area contributed by atoms with E-state index < -0.39 is 0 Å². The quantitative estimate of drug-likeness (QED) is 0.277. The van der Waals surface area contributed by atoms with Gasteiger partial charge in [0.25, 0.3) is 0 Å². The van der Waals surface area contributed by atoms with Gasteiger partial charge in [-0.05, 0) is 105 Å². The van der Waals surface area contributed by atoms with Crippen LogP contribution in [0.5, 0.6) is 5.75 Å². The molecule has 0 spiro atoms. The second kappa shape index (κ2) is 15.9. The van der Waals surface area contributed by atoms with Gasteiger partial charge in [0.1, 0.15) is 5.75 Å². The van der Waals surface area contributed by atoms with Crippen LogP contribution in [-0.4, -0.2) is 41.4 Å². The van der Waals surface area contributed by atoms with Gasteiger partial charge >= 0.3 is 0 Å². The van der Waals surface area contributed by atoms with Gasteiger partial charge in [-0.2, -0.15) is 0 Å². The Morgan fingerprint density at radius 3 is 2.34 bits per heavy atom. The molecule has 0 amide bonds. The molecular weight excluding hydrogens is 430 g/mol. The number of unbranched alkanes of at least 4 members (excludes halogenated alkanes) is 1. The van der Waals surface area contributed by atoms with Gasteiger partial charge in [0.05, 0.1) is 0 Å². The summed E-state index contributed by atoms with van der Waals surface area (Å²) in [5.74, 6) is 0.962. The van der Waals surface area contributed by atoms with Crippen LogP contribution in [-0.2, 0) is 0 Å². The molecule has 0 radical (unpaired) electrons. The molecule has 0 aliphatic carbocycles. The van der Waals surface area contributed by atoms with Gasteiger partial charge < -0.3 is 15.1 Å². The van der Waals surface area contributed by atoms with Crippen LogP contribution in [0.15, 0.2) is 91.6 Å². The average molecular weight is 474 g/mol. The molecule has 188 valence electrons. The fourth-order valence-electron chi connectivity index (χ4n) is 4.43. The molecule has 2 aromatic carbocycles. The first kappa shape index (κ1) is 28.4. The van der Waals surface area contributed by atoms with E-state index in [1.165, 1.54) is 37.1 Å². The molecule has 0 aromatic heterocycles. The summed E-state index contributed by atoms with van der Waals surface area (Å²) in [7, 11) is 0. The van der Waals surface area contributed by atoms with E-state index in [1.54, 1.807) is 18.2 Å². The van der Waals surface area contributed by atoms with E-state index in [0.29, 0.717) is 5.92 Å². The van der Waals surface area contributed by atoms with Crippen molar-refractivity contribution in [2.24, 2.45) is 0 Å². The lowest BCUT2D eigenvalue weighted by Gasteiger charge is -2.31. The highest BCUT2D eigenvalue weighted by atomic mass is 16.3. The number of phenolic OH excluding ortho intramolecular Hbond substituents is 1. The second-order valence-electron chi connectivity index (χ2n) is 9.02. The zero-order valence-corrected chi connectivity index (χ0v) is 21.6. The number of nitrogens with zero attached hydrogens (tertiary/aromatic N) is 1. The predicted octanol–water partition coefficient (Wildman–Crippen LogP) is 7.49. The molecule has 3 heteroatoms. The number of hydrogen-bond donors (Lipinski definition) is 2. The SMILES string of the molecule is C=C(c1ccc(C2CCN(CC)CC2)cc1)c1cccc(O)c1.C=C/C=C(\C=C/C)CCCCO. The van der Waals surface area contributed by atoms with Crippen LogP contribution >= 0.6 is 0 Å². The molecule has 1 fully saturated rings. The highest BCUT2D eigenvalue weighted by molar-refractivity contribution is 5.78. The molecular formula is C32H43NO2. The summed E-state index contributed by atoms with van der Waals surface area (Å²) < 4.78 is 0. The Morgan fingerprint density at radius 2 is 1.77 bits per heavy atom. The molecule has 0 atom stereocenters. The summed E-state index contributed by atoms with van der Waals surface area (Å²) in [5, 5.41) is 18.2. The number of likely N-dealkylation sites (tertiary alicyclic amines) is 1. The fraction of sp³-hybridized carbons (Fsp3) is 0.375. The Bertz CT molecular complexity index is 963. The van der Waals surface area contributed by atoms with Gasteiger partial charge in [-0.15, -0.1) is 0 Å². The number of rotatable bonds is 10. The molecule has 0 bridgehead atoms. The van der Waals surface area contributed by atoms with E-state index in [-0.39, 0.29) is 12.4 Å². The largest absolute Gasteiger partial charge is 0.508 e. The third-order valence-electron chi connectivity index (χ3n) is 6.55. The highest BCUT2D eigenvalue weighted by Crippen LogP contribution is 2.30. The van der Waals surface area contributed by atoms with Crippen molar-refractivity contribution in [1.29, 1.82) is 0 Å². The minimum absolute atomic E-state index is 0.281. The van der Waals surface area contributed by atoms with E-state index in [0.717, 1.165) is 42.5 Å². The van der Waals surface area contributed by atoms with Gasteiger partial charge in [0.15, 0.2) is 0 Å². The summed E-state index contributed by atoms with van der Waals surface area (Å²) >= 11 is 0. The smallest absolute Gasteiger partial charge is 0.116 e. The zero-order chi connectivity index (χ0) is 25.5. The molecule has 1 saturated heterocycles. The summed E-state index contributed by atoms with van der Waals surface area (Å²) in [5.41, 5.74) is 5.75. The average Bonchev–Trinajstić information content (AvgIpc) is 2.89. The molecule has 0 saturated carbocycles. The Labute approximate surface area is 212 Å². The minimum atomic E-state index is 0.281. The van der Waals surface area contributed by atoms with Crippen LogP contribution in [0.25, 0.3) is 5.57 Å². The van der Waals surface area contributed by atoms with Gasteiger partial charge in [-0.1, -0.05) is 80.8 Å². The predicted molar refractivity (Wildman–Crippen MR) is 151 cm³/mol. The first-order valence-electron chi connectivity index (χ1n) is 12.9. The van der Waals surface area contributed by atoms with E-state index >= 15 is 0 Å². The zero-order valence-electron chi connectivity index (χ0n) is 21.6. The molecule has 1 heterocycles. The lowest BCUT2D eigenvalue weighted by Crippen LogP contribution is -2.32. The fourth-order valence-corrected chi connectivity index (χ4v) is 4.43. The third-order valence-corrected chi connectivity index (χ3v) is 6.55. The number of aliphatic hydroxyl groups excluding tert-OH is 1. The molecule has 3 rings (SSSR count). The van der Waals surface area contributed by atoms with Gasteiger partial charge in [-0.25, -0.2) is 0 Å². The third kappa shape index (κ3) is 9.71. The van der Waals surface area contributed by atoms with Crippen molar-refractivity contribution in [2.75, 3.05) is 26.2 Å². The Kier molecular flexibility index (Phi) is 12.9. The number of phenols is 1. The van der Waals surface area contributed by atoms with Crippen molar-refractivity contribution in [1.82, 2.24) is 4.90 Å².